The zero-order valence-corrected chi connectivity index (χ0v) is 7.63. The molecule has 0 saturated heterocycles. The number of ether oxygens (including phenoxy) is 2. The number of cyclic esters (lactones) is 1. The first-order valence-electron chi connectivity index (χ1n) is 3.37. The van der Waals surface area contributed by atoms with Crippen LogP contribution in [0.2, 0.25) is 0 Å². The lowest BCUT2D eigenvalue weighted by atomic mass is 10.2. The van der Waals surface area contributed by atoms with Crippen molar-refractivity contribution in [2.75, 3.05) is 6.79 Å². The van der Waals surface area contributed by atoms with Gasteiger partial charge in [0.2, 0.25) is 6.79 Å². The van der Waals surface area contributed by atoms with E-state index in [2.05, 4.69) is 20.7 Å². The maximum atomic E-state index is 11.1. The van der Waals surface area contributed by atoms with Crippen molar-refractivity contribution in [1.82, 2.24) is 0 Å². The lowest BCUT2D eigenvalue weighted by molar-refractivity contribution is 0.00460. The van der Waals surface area contributed by atoms with Crippen LogP contribution in [0.5, 0.6) is 5.75 Å². The number of fused-ring (bicyclic) bond motifs is 1. The van der Waals surface area contributed by atoms with Crippen LogP contribution in [0, 0.1) is 0 Å². The molecule has 0 saturated carbocycles. The molecule has 2 rings (SSSR count). The van der Waals surface area contributed by atoms with Crippen LogP contribution in [-0.2, 0) is 4.74 Å². The van der Waals surface area contributed by atoms with Crippen LogP contribution in [0.3, 0.4) is 0 Å². The Kier molecular flexibility index (Phi) is 1.77. The number of carbonyl (C=O) groups is 1. The van der Waals surface area contributed by atoms with Gasteiger partial charge in [-0.25, -0.2) is 4.79 Å². The van der Waals surface area contributed by atoms with Crippen molar-refractivity contribution in [2.24, 2.45) is 0 Å². The molecule has 1 aromatic rings. The van der Waals surface area contributed by atoms with Crippen molar-refractivity contribution in [3.05, 3.63) is 28.2 Å². The van der Waals surface area contributed by atoms with Crippen LogP contribution in [0.1, 0.15) is 10.4 Å². The number of rotatable bonds is 0. The molecule has 1 aliphatic heterocycles. The molecule has 3 nitrogen and oxygen atoms in total. The predicted molar refractivity (Wildman–Crippen MR) is 45.1 cm³/mol. The number of esters is 1. The number of carbonyl (C=O) groups excluding carboxylic acids is 1. The molecule has 0 aliphatic carbocycles. The van der Waals surface area contributed by atoms with Crippen molar-refractivity contribution in [2.45, 2.75) is 0 Å². The largest absolute Gasteiger partial charge is 0.455 e. The van der Waals surface area contributed by atoms with Crippen molar-refractivity contribution >= 4 is 21.9 Å². The van der Waals surface area contributed by atoms with Crippen LogP contribution in [0.15, 0.2) is 22.7 Å². The molecule has 0 bridgehead atoms. The van der Waals surface area contributed by atoms with E-state index in [1.54, 1.807) is 12.1 Å². The first-order valence-corrected chi connectivity index (χ1v) is 4.17. The quantitative estimate of drug-likeness (QED) is 0.638. The fourth-order valence-corrected chi connectivity index (χ4v) is 1.52. The summed E-state index contributed by atoms with van der Waals surface area (Å²) in [5.74, 6) is 0.228. The molecule has 1 aromatic carbocycles. The lowest BCUT2D eigenvalue weighted by Gasteiger charge is -2.17. The predicted octanol–water partition coefficient (Wildman–Crippen LogP) is 1.96. The van der Waals surface area contributed by atoms with Crippen molar-refractivity contribution in [3.8, 4) is 5.75 Å². The molecule has 0 atom stereocenters. The van der Waals surface area contributed by atoms with Gasteiger partial charge in [-0.1, -0.05) is 6.07 Å². The molecule has 0 unspecified atom stereocenters. The van der Waals surface area contributed by atoms with Gasteiger partial charge in [0.15, 0.2) is 5.75 Å². The second-order valence-corrected chi connectivity index (χ2v) is 3.16. The topological polar surface area (TPSA) is 35.5 Å². The summed E-state index contributed by atoms with van der Waals surface area (Å²) < 4.78 is 10.6. The Morgan fingerprint density at radius 1 is 1.33 bits per heavy atom. The normalized spacial score (nSPS) is 14.6. The highest BCUT2D eigenvalue weighted by Crippen LogP contribution is 2.31. The molecule has 12 heavy (non-hydrogen) atoms. The van der Waals surface area contributed by atoms with Gasteiger partial charge in [0.1, 0.15) is 5.56 Å². The second kappa shape index (κ2) is 2.79. The van der Waals surface area contributed by atoms with E-state index in [9.17, 15) is 4.79 Å². The summed E-state index contributed by atoms with van der Waals surface area (Å²) in [5, 5.41) is 0. The Morgan fingerprint density at radius 2 is 2.17 bits per heavy atom. The molecule has 0 radical (unpaired) electrons. The smallest absolute Gasteiger partial charge is 0.344 e. The first kappa shape index (κ1) is 7.61. The molecule has 0 spiro atoms. The van der Waals surface area contributed by atoms with Crippen LogP contribution in [0.25, 0.3) is 0 Å². The number of hydrogen-bond acceptors (Lipinski definition) is 3. The average Bonchev–Trinajstić information content (AvgIpc) is 2.07. The van der Waals surface area contributed by atoms with Gasteiger partial charge in [-0.15, -0.1) is 0 Å². The number of hydrogen-bond donors (Lipinski definition) is 0. The van der Waals surface area contributed by atoms with E-state index in [4.69, 9.17) is 4.74 Å². The van der Waals surface area contributed by atoms with Crippen LogP contribution in [0.4, 0.5) is 0 Å². The van der Waals surface area contributed by atoms with Gasteiger partial charge in [-0.05, 0) is 28.1 Å². The van der Waals surface area contributed by atoms with Gasteiger partial charge in [0.25, 0.3) is 0 Å². The Hall–Kier alpha value is -1.03. The number of para-hydroxylation sites is 1. The summed E-state index contributed by atoms with van der Waals surface area (Å²) in [6, 6.07) is 5.25. The van der Waals surface area contributed by atoms with Crippen molar-refractivity contribution in [1.29, 1.82) is 0 Å². The average molecular weight is 229 g/mol. The minimum atomic E-state index is -0.336. The molecule has 62 valence electrons. The third-order valence-electron chi connectivity index (χ3n) is 1.58. The molecular weight excluding hydrogens is 224 g/mol. The summed E-state index contributed by atoms with van der Waals surface area (Å²) in [4.78, 5) is 11.1. The van der Waals surface area contributed by atoms with Gasteiger partial charge in [-0.3, -0.25) is 0 Å². The number of halogens is 1. The third-order valence-corrected chi connectivity index (χ3v) is 2.20. The zero-order chi connectivity index (χ0) is 8.55. The van der Waals surface area contributed by atoms with E-state index in [1.807, 2.05) is 6.07 Å². The SMILES string of the molecule is O=C1OCOc2c(Br)cccc21. The fraction of sp³-hybridized carbons (Fsp3) is 0.125. The van der Waals surface area contributed by atoms with E-state index < -0.39 is 0 Å². The van der Waals surface area contributed by atoms with E-state index >= 15 is 0 Å². The highest BCUT2D eigenvalue weighted by atomic mass is 79.9. The molecule has 0 N–H and O–H groups in total. The van der Waals surface area contributed by atoms with Crippen LogP contribution < -0.4 is 4.74 Å². The third kappa shape index (κ3) is 1.08. The molecule has 0 fully saturated rings. The van der Waals surface area contributed by atoms with E-state index in [1.165, 1.54) is 0 Å². The number of benzene rings is 1. The molecule has 0 amide bonds. The van der Waals surface area contributed by atoms with E-state index in [0.29, 0.717) is 11.3 Å². The highest BCUT2D eigenvalue weighted by molar-refractivity contribution is 9.10. The molecule has 1 aliphatic rings. The summed E-state index contributed by atoms with van der Waals surface area (Å²) in [7, 11) is 0. The van der Waals surface area contributed by atoms with Crippen LogP contribution >= 0.6 is 15.9 Å². The van der Waals surface area contributed by atoms with Gasteiger partial charge >= 0.3 is 5.97 Å². The molecule has 4 heteroatoms. The molecular formula is C8H5BrO3. The minimum absolute atomic E-state index is 0.00551. The first-order chi connectivity index (χ1) is 5.79. The highest BCUT2D eigenvalue weighted by Gasteiger charge is 2.20. The Labute approximate surface area is 77.4 Å². The van der Waals surface area contributed by atoms with Crippen molar-refractivity contribution in [3.63, 3.8) is 0 Å². The van der Waals surface area contributed by atoms with Gasteiger partial charge in [0.05, 0.1) is 4.47 Å². The Balaban J connectivity index is 2.59. The van der Waals surface area contributed by atoms with Gasteiger partial charge in [-0.2, -0.15) is 0 Å². The molecule has 0 aromatic heterocycles. The second-order valence-electron chi connectivity index (χ2n) is 2.31. The lowest BCUT2D eigenvalue weighted by Crippen LogP contribution is -2.18. The zero-order valence-electron chi connectivity index (χ0n) is 6.04. The fourth-order valence-electron chi connectivity index (χ4n) is 1.04. The van der Waals surface area contributed by atoms with Crippen molar-refractivity contribution < 1.29 is 14.3 Å². The van der Waals surface area contributed by atoms with E-state index in [0.717, 1.165) is 4.47 Å². The summed E-state index contributed by atoms with van der Waals surface area (Å²) >= 11 is 3.28. The van der Waals surface area contributed by atoms with E-state index in [-0.39, 0.29) is 12.8 Å². The Bertz CT molecular complexity index is 335. The van der Waals surface area contributed by atoms with Gasteiger partial charge < -0.3 is 9.47 Å². The summed E-state index contributed by atoms with van der Waals surface area (Å²) in [5.41, 5.74) is 0.468. The maximum Gasteiger partial charge on any atom is 0.344 e. The summed E-state index contributed by atoms with van der Waals surface area (Å²) in [6.45, 7) is -0.00551. The van der Waals surface area contributed by atoms with Gasteiger partial charge in [0, 0.05) is 0 Å². The Morgan fingerprint density at radius 3 is 2.92 bits per heavy atom. The van der Waals surface area contributed by atoms with Crippen LogP contribution in [-0.4, -0.2) is 12.8 Å². The molecule has 1 heterocycles. The standard InChI is InChI=1S/C8H5BrO3/c9-6-3-1-2-5-7(6)11-4-12-8(5)10/h1-3H,4H2. The monoisotopic (exact) mass is 228 g/mol. The maximum absolute atomic E-state index is 11.1. The summed E-state index contributed by atoms with van der Waals surface area (Å²) in [6.07, 6.45) is 0. The minimum Gasteiger partial charge on any atom is -0.455 e.